The Morgan fingerprint density at radius 1 is 1.13 bits per heavy atom. The molecule has 23 heavy (non-hydrogen) atoms. The van der Waals surface area contributed by atoms with Crippen LogP contribution in [0.2, 0.25) is 0 Å². The second kappa shape index (κ2) is 6.00. The number of aromatic nitrogens is 3. The van der Waals surface area contributed by atoms with Crippen LogP contribution in [0.4, 0.5) is 4.39 Å². The summed E-state index contributed by atoms with van der Waals surface area (Å²) in [7, 11) is 0. The minimum atomic E-state index is -0.955. The summed E-state index contributed by atoms with van der Waals surface area (Å²) < 4.78 is 14.7. The number of halogens is 1. The summed E-state index contributed by atoms with van der Waals surface area (Å²) in [6, 6.07) is 8.75. The summed E-state index contributed by atoms with van der Waals surface area (Å²) >= 11 is 0. The first kappa shape index (κ1) is 14.9. The number of aliphatic carboxylic acids is 1. The van der Waals surface area contributed by atoms with Crippen LogP contribution < -0.4 is 0 Å². The molecule has 0 aliphatic rings. The smallest absolute Gasteiger partial charge is 0.326 e. The highest BCUT2D eigenvalue weighted by atomic mass is 19.1. The number of imidazole rings is 1. The minimum absolute atomic E-state index is 0.336. The molecular formula is C17H14FN3O2. The fourth-order valence-corrected chi connectivity index (χ4v) is 2.39. The molecule has 3 rings (SSSR count). The molecule has 1 aromatic carbocycles. The molecule has 0 saturated heterocycles. The number of nitrogens with zero attached hydrogens (tertiary/aromatic N) is 3. The number of benzene rings is 1. The first-order chi connectivity index (χ1) is 11.1. The van der Waals surface area contributed by atoms with Crippen molar-refractivity contribution < 1.29 is 14.3 Å². The van der Waals surface area contributed by atoms with E-state index < -0.39 is 12.0 Å². The lowest BCUT2D eigenvalue weighted by atomic mass is 10.1. The molecule has 0 radical (unpaired) electrons. The molecule has 116 valence electrons. The summed E-state index contributed by atoms with van der Waals surface area (Å²) in [5.74, 6) is -1.29. The molecule has 0 amide bonds. The van der Waals surface area contributed by atoms with Crippen LogP contribution in [-0.4, -0.2) is 25.6 Å². The van der Waals surface area contributed by atoms with Crippen LogP contribution in [0.3, 0.4) is 0 Å². The van der Waals surface area contributed by atoms with E-state index in [0.717, 1.165) is 11.1 Å². The lowest BCUT2D eigenvalue weighted by molar-refractivity contribution is -0.140. The number of carbonyl (C=O) groups is 1. The maximum Gasteiger partial charge on any atom is 0.326 e. The Kier molecular flexibility index (Phi) is 3.89. The monoisotopic (exact) mass is 311 g/mol. The molecular weight excluding hydrogens is 297 g/mol. The van der Waals surface area contributed by atoms with Crippen molar-refractivity contribution in [2.24, 2.45) is 0 Å². The van der Waals surface area contributed by atoms with Crippen molar-refractivity contribution in [2.45, 2.75) is 13.0 Å². The fourth-order valence-electron chi connectivity index (χ4n) is 2.39. The van der Waals surface area contributed by atoms with Crippen LogP contribution in [0.15, 0.2) is 55.1 Å². The average molecular weight is 311 g/mol. The third-order valence-electron chi connectivity index (χ3n) is 3.64. The fraction of sp³-hybridized carbons (Fsp3) is 0.118. The molecule has 3 aromatic rings. The Morgan fingerprint density at radius 2 is 1.78 bits per heavy atom. The predicted octanol–water partition coefficient (Wildman–Crippen LogP) is 3.40. The van der Waals surface area contributed by atoms with Crippen molar-refractivity contribution in [1.82, 2.24) is 14.5 Å². The van der Waals surface area contributed by atoms with Gasteiger partial charge in [0.05, 0.1) is 17.7 Å². The molecule has 2 heterocycles. The average Bonchev–Trinajstić information content (AvgIpc) is 3.00. The lowest BCUT2D eigenvalue weighted by Gasteiger charge is -2.14. The predicted molar refractivity (Wildman–Crippen MR) is 83.2 cm³/mol. The van der Waals surface area contributed by atoms with Gasteiger partial charge in [0.15, 0.2) is 0 Å². The van der Waals surface area contributed by atoms with E-state index in [0.29, 0.717) is 11.4 Å². The van der Waals surface area contributed by atoms with Gasteiger partial charge in [-0.25, -0.2) is 14.2 Å². The Balaban J connectivity index is 2.21. The van der Waals surface area contributed by atoms with Gasteiger partial charge in [-0.05, 0) is 43.3 Å². The van der Waals surface area contributed by atoms with Crippen molar-refractivity contribution in [3.63, 3.8) is 0 Å². The number of hydrogen-bond donors (Lipinski definition) is 1. The van der Waals surface area contributed by atoms with E-state index in [9.17, 15) is 14.3 Å². The van der Waals surface area contributed by atoms with E-state index in [4.69, 9.17) is 0 Å². The van der Waals surface area contributed by atoms with Gasteiger partial charge in [0.1, 0.15) is 11.9 Å². The first-order valence-electron chi connectivity index (χ1n) is 7.04. The summed E-state index contributed by atoms with van der Waals surface area (Å²) in [6.07, 6.45) is 4.76. The highest BCUT2D eigenvalue weighted by Gasteiger charge is 2.21. The van der Waals surface area contributed by atoms with Gasteiger partial charge >= 0.3 is 5.97 Å². The van der Waals surface area contributed by atoms with Gasteiger partial charge in [-0.1, -0.05) is 0 Å². The van der Waals surface area contributed by atoms with Gasteiger partial charge in [0.25, 0.3) is 0 Å². The van der Waals surface area contributed by atoms with E-state index in [1.807, 2.05) is 0 Å². The second-order valence-electron chi connectivity index (χ2n) is 5.11. The molecule has 6 heteroatoms. The molecule has 0 spiro atoms. The molecule has 5 nitrogen and oxygen atoms in total. The van der Waals surface area contributed by atoms with Gasteiger partial charge in [-0.15, -0.1) is 0 Å². The number of hydrogen-bond acceptors (Lipinski definition) is 3. The van der Waals surface area contributed by atoms with E-state index in [2.05, 4.69) is 9.97 Å². The number of carboxylic acids is 1. The van der Waals surface area contributed by atoms with Gasteiger partial charge in [0.2, 0.25) is 0 Å². The first-order valence-corrected chi connectivity index (χ1v) is 7.04. The van der Waals surface area contributed by atoms with Crippen LogP contribution in [0.5, 0.6) is 0 Å². The molecule has 0 fully saturated rings. The molecule has 1 unspecified atom stereocenters. The quantitative estimate of drug-likeness (QED) is 0.802. The van der Waals surface area contributed by atoms with Crippen LogP contribution in [0.25, 0.3) is 22.5 Å². The molecule has 1 N–H and O–H groups in total. The van der Waals surface area contributed by atoms with E-state index in [1.165, 1.54) is 18.5 Å². The normalized spacial score (nSPS) is 12.1. The number of rotatable bonds is 4. The van der Waals surface area contributed by atoms with Gasteiger partial charge in [-0.2, -0.15) is 0 Å². The Labute approximate surface area is 132 Å². The molecule has 0 aliphatic carbocycles. The molecule has 1 atom stereocenters. The maximum atomic E-state index is 13.2. The van der Waals surface area contributed by atoms with E-state index >= 15 is 0 Å². The SMILES string of the molecule is CC(C(=O)O)n1cnc(-c2ccc(F)cc2)c1-c1ccncc1. The van der Waals surface area contributed by atoms with E-state index in [-0.39, 0.29) is 5.82 Å². The number of pyridine rings is 1. The zero-order chi connectivity index (χ0) is 16.4. The van der Waals surface area contributed by atoms with Gasteiger partial charge in [-0.3, -0.25) is 4.98 Å². The van der Waals surface area contributed by atoms with E-state index in [1.54, 1.807) is 48.1 Å². The maximum absolute atomic E-state index is 13.2. The third-order valence-corrected chi connectivity index (χ3v) is 3.64. The van der Waals surface area contributed by atoms with Crippen molar-refractivity contribution >= 4 is 5.97 Å². The largest absolute Gasteiger partial charge is 0.480 e. The summed E-state index contributed by atoms with van der Waals surface area (Å²) in [5.41, 5.74) is 2.78. The number of carboxylic acid groups (broad SMARTS) is 1. The Bertz CT molecular complexity index is 829. The van der Waals surface area contributed by atoms with Crippen molar-refractivity contribution in [3.05, 3.63) is 60.9 Å². The van der Waals surface area contributed by atoms with Crippen LogP contribution >= 0.6 is 0 Å². The molecule has 0 saturated carbocycles. The van der Waals surface area contributed by atoms with Crippen molar-refractivity contribution in [3.8, 4) is 22.5 Å². The Hall–Kier alpha value is -3.02. The van der Waals surface area contributed by atoms with Gasteiger partial charge < -0.3 is 9.67 Å². The highest BCUT2D eigenvalue weighted by Crippen LogP contribution is 2.33. The van der Waals surface area contributed by atoms with Crippen molar-refractivity contribution in [2.75, 3.05) is 0 Å². The summed E-state index contributed by atoms with van der Waals surface area (Å²) in [4.78, 5) is 19.7. The molecule has 0 bridgehead atoms. The minimum Gasteiger partial charge on any atom is -0.480 e. The highest BCUT2D eigenvalue weighted by molar-refractivity contribution is 5.80. The zero-order valence-corrected chi connectivity index (χ0v) is 12.3. The molecule has 2 aromatic heterocycles. The summed E-state index contributed by atoms with van der Waals surface area (Å²) in [5, 5.41) is 9.31. The third kappa shape index (κ3) is 2.83. The zero-order valence-electron chi connectivity index (χ0n) is 12.3. The van der Waals surface area contributed by atoms with Crippen LogP contribution in [0, 0.1) is 5.82 Å². The lowest BCUT2D eigenvalue weighted by Crippen LogP contribution is -2.15. The summed E-state index contributed by atoms with van der Waals surface area (Å²) in [6.45, 7) is 1.59. The van der Waals surface area contributed by atoms with Gasteiger partial charge in [0, 0.05) is 23.5 Å². The standard InChI is InChI=1S/C17H14FN3O2/c1-11(17(22)23)21-10-20-15(12-2-4-14(18)5-3-12)16(21)13-6-8-19-9-7-13/h2-11H,1H3,(H,22,23). The van der Waals surface area contributed by atoms with Crippen LogP contribution in [0.1, 0.15) is 13.0 Å². The second-order valence-corrected chi connectivity index (χ2v) is 5.11. The molecule has 0 aliphatic heterocycles. The topological polar surface area (TPSA) is 68.0 Å². The Morgan fingerprint density at radius 3 is 2.39 bits per heavy atom. The van der Waals surface area contributed by atoms with Crippen LogP contribution in [-0.2, 0) is 4.79 Å². The van der Waals surface area contributed by atoms with Crippen molar-refractivity contribution in [1.29, 1.82) is 0 Å².